The average Bonchev–Trinajstić information content (AvgIpc) is 2.44. The van der Waals surface area contributed by atoms with E-state index in [9.17, 15) is 14.7 Å². The molecule has 0 saturated heterocycles. The van der Waals surface area contributed by atoms with Gasteiger partial charge in [-0.1, -0.05) is 34.6 Å². The van der Waals surface area contributed by atoms with Gasteiger partial charge in [0.1, 0.15) is 0 Å². The Morgan fingerprint density at radius 3 is 1.60 bits per heavy atom. The van der Waals surface area contributed by atoms with Crippen LogP contribution in [-0.2, 0) is 14.3 Å². The van der Waals surface area contributed by atoms with Crippen molar-refractivity contribution in [1.82, 2.24) is 0 Å². The highest BCUT2D eigenvalue weighted by molar-refractivity contribution is 5.87. The van der Waals surface area contributed by atoms with Crippen molar-refractivity contribution in [2.75, 3.05) is 0 Å². The summed E-state index contributed by atoms with van der Waals surface area (Å²) in [6.45, 7) is 11.2. The van der Waals surface area contributed by atoms with E-state index in [-0.39, 0.29) is 12.1 Å². The standard InChI is InChI=1S/C16H30O4/c1-7-12(6)20-14(19)16(10-4,11-5)15(8-2,9-3)13(17)18/h12H,7-11H2,1-6H3,(H,17,18). The van der Waals surface area contributed by atoms with Crippen LogP contribution in [0.25, 0.3) is 0 Å². The van der Waals surface area contributed by atoms with E-state index >= 15 is 0 Å². The van der Waals surface area contributed by atoms with E-state index in [2.05, 4.69) is 0 Å². The van der Waals surface area contributed by atoms with Crippen LogP contribution >= 0.6 is 0 Å². The predicted molar refractivity (Wildman–Crippen MR) is 79.5 cm³/mol. The highest BCUT2D eigenvalue weighted by Crippen LogP contribution is 2.51. The van der Waals surface area contributed by atoms with Crippen LogP contribution < -0.4 is 0 Å². The summed E-state index contributed by atoms with van der Waals surface area (Å²) in [7, 11) is 0. The minimum Gasteiger partial charge on any atom is -0.481 e. The van der Waals surface area contributed by atoms with Crippen LogP contribution in [0.2, 0.25) is 0 Å². The van der Waals surface area contributed by atoms with Crippen molar-refractivity contribution in [3.8, 4) is 0 Å². The summed E-state index contributed by atoms with van der Waals surface area (Å²) in [6.07, 6.45) is 2.36. The maximum Gasteiger partial charge on any atom is 0.313 e. The molecule has 20 heavy (non-hydrogen) atoms. The molecule has 0 aromatic rings. The summed E-state index contributed by atoms with van der Waals surface area (Å²) in [5, 5.41) is 9.75. The molecule has 0 rings (SSSR count). The van der Waals surface area contributed by atoms with Gasteiger partial charge in [-0.2, -0.15) is 0 Å². The monoisotopic (exact) mass is 286 g/mol. The molecule has 0 aliphatic carbocycles. The second kappa shape index (κ2) is 7.65. The van der Waals surface area contributed by atoms with Crippen molar-refractivity contribution >= 4 is 11.9 Å². The van der Waals surface area contributed by atoms with Crippen molar-refractivity contribution in [3.63, 3.8) is 0 Å². The molecule has 4 heteroatoms. The van der Waals surface area contributed by atoms with Gasteiger partial charge >= 0.3 is 11.9 Å². The number of esters is 1. The Kier molecular flexibility index (Phi) is 7.25. The zero-order chi connectivity index (χ0) is 16.0. The molecule has 1 unspecified atom stereocenters. The lowest BCUT2D eigenvalue weighted by atomic mass is 9.57. The number of hydrogen-bond acceptors (Lipinski definition) is 3. The first-order valence-corrected chi connectivity index (χ1v) is 7.76. The molecule has 0 fully saturated rings. The van der Waals surface area contributed by atoms with E-state index in [4.69, 9.17) is 4.74 Å². The van der Waals surface area contributed by atoms with Gasteiger partial charge in [-0.15, -0.1) is 0 Å². The fraction of sp³-hybridized carbons (Fsp3) is 0.875. The van der Waals surface area contributed by atoms with Crippen LogP contribution in [0.15, 0.2) is 0 Å². The number of carbonyl (C=O) groups excluding carboxylic acids is 1. The second-order valence-electron chi connectivity index (χ2n) is 5.51. The summed E-state index contributed by atoms with van der Waals surface area (Å²) in [4.78, 5) is 24.6. The van der Waals surface area contributed by atoms with Crippen LogP contribution in [0.1, 0.15) is 73.6 Å². The Balaban J connectivity index is 5.79. The molecule has 0 radical (unpaired) electrons. The third-order valence-electron chi connectivity index (χ3n) is 5.01. The van der Waals surface area contributed by atoms with Crippen molar-refractivity contribution in [2.45, 2.75) is 79.8 Å². The zero-order valence-corrected chi connectivity index (χ0v) is 13.8. The summed E-state index contributed by atoms with van der Waals surface area (Å²) in [5.41, 5.74) is -2.01. The topological polar surface area (TPSA) is 63.6 Å². The van der Waals surface area contributed by atoms with Crippen molar-refractivity contribution in [3.05, 3.63) is 0 Å². The number of aliphatic carboxylic acids is 1. The summed E-state index contributed by atoms with van der Waals surface area (Å²) in [6, 6.07) is 0. The molecule has 0 amide bonds. The second-order valence-corrected chi connectivity index (χ2v) is 5.51. The van der Waals surface area contributed by atoms with Gasteiger partial charge in [-0.05, 0) is 39.0 Å². The fourth-order valence-corrected chi connectivity index (χ4v) is 3.22. The van der Waals surface area contributed by atoms with Gasteiger partial charge in [-0.3, -0.25) is 9.59 Å². The van der Waals surface area contributed by atoms with Gasteiger partial charge in [0, 0.05) is 0 Å². The van der Waals surface area contributed by atoms with Crippen molar-refractivity contribution in [2.24, 2.45) is 10.8 Å². The van der Waals surface area contributed by atoms with Crippen LogP contribution in [0.4, 0.5) is 0 Å². The molecule has 1 N–H and O–H groups in total. The van der Waals surface area contributed by atoms with E-state index in [0.29, 0.717) is 25.7 Å². The van der Waals surface area contributed by atoms with Gasteiger partial charge < -0.3 is 9.84 Å². The van der Waals surface area contributed by atoms with Crippen molar-refractivity contribution < 1.29 is 19.4 Å². The van der Waals surface area contributed by atoms with E-state index in [0.717, 1.165) is 6.42 Å². The number of ether oxygens (including phenoxy) is 1. The SMILES string of the molecule is CCC(C)OC(=O)C(CC)(CC)C(CC)(CC)C(=O)O. The molecule has 0 spiro atoms. The van der Waals surface area contributed by atoms with E-state index < -0.39 is 16.8 Å². The highest BCUT2D eigenvalue weighted by Gasteiger charge is 2.58. The summed E-state index contributed by atoms with van der Waals surface area (Å²) < 4.78 is 5.50. The first-order valence-electron chi connectivity index (χ1n) is 7.76. The van der Waals surface area contributed by atoms with Gasteiger partial charge in [0.25, 0.3) is 0 Å². The van der Waals surface area contributed by atoms with Gasteiger partial charge in [0.05, 0.1) is 16.9 Å². The fourth-order valence-electron chi connectivity index (χ4n) is 3.22. The summed E-state index contributed by atoms with van der Waals surface area (Å²) in [5.74, 6) is -1.25. The maximum absolute atomic E-state index is 12.7. The molecule has 4 nitrogen and oxygen atoms in total. The van der Waals surface area contributed by atoms with Crippen LogP contribution in [0, 0.1) is 10.8 Å². The molecule has 0 heterocycles. The first-order chi connectivity index (χ1) is 9.31. The number of hydrogen-bond donors (Lipinski definition) is 1. The van der Waals surface area contributed by atoms with Gasteiger partial charge in [0.2, 0.25) is 0 Å². The largest absolute Gasteiger partial charge is 0.481 e. The van der Waals surface area contributed by atoms with Crippen LogP contribution in [-0.4, -0.2) is 23.1 Å². The molecular formula is C16H30O4. The molecule has 0 aromatic heterocycles. The Bertz CT molecular complexity index is 327. The van der Waals surface area contributed by atoms with Crippen molar-refractivity contribution in [1.29, 1.82) is 0 Å². The normalized spacial score (nSPS) is 13.9. The number of carbonyl (C=O) groups is 2. The number of carboxylic acid groups (broad SMARTS) is 1. The number of carboxylic acids is 1. The molecular weight excluding hydrogens is 256 g/mol. The zero-order valence-electron chi connectivity index (χ0n) is 13.8. The lowest BCUT2D eigenvalue weighted by molar-refractivity contribution is -0.184. The van der Waals surface area contributed by atoms with Gasteiger partial charge in [0.15, 0.2) is 0 Å². The Labute approximate surface area is 122 Å². The molecule has 0 bridgehead atoms. The lowest BCUT2D eigenvalue weighted by Gasteiger charge is -2.45. The molecule has 0 aliphatic rings. The average molecular weight is 286 g/mol. The Hall–Kier alpha value is -1.06. The highest BCUT2D eigenvalue weighted by atomic mass is 16.5. The molecule has 0 aliphatic heterocycles. The first kappa shape index (κ1) is 18.9. The lowest BCUT2D eigenvalue weighted by Crippen LogP contribution is -2.52. The quantitative estimate of drug-likeness (QED) is 0.650. The third-order valence-corrected chi connectivity index (χ3v) is 5.01. The van der Waals surface area contributed by atoms with E-state index in [1.807, 2.05) is 41.5 Å². The minimum atomic E-state index is -1.05. The third kappa shape index (κ3) is 2.99. The van der Waals surface area contributed by atoms with Crippen LogP contribution in [0.5, 0.6) is 0 Å². The molecule has 0 aromatic carbocycles. The Morgan fingerprint density at radius 2 is 1.35 bits per heavy atom. The minimum absolute atomic E-state index is 0.180. The molecule has 0 saturated carbocycles. The van der Waals surface area contributed by atoms with Gasteiger partial charge in [-0.25, -0.2) is 0 Å². The molecule has 1 atom stereocenters. The smallest absolute Gasteiger partial charge is 0.313 e. The molecule has 118 valence electrons. The van der Waals surface area contributed by atoms with E-state index in [1.54, 1.807) is 0 Å². The van der Waals surface area contributed by atoms with E-state index in [1.165, 1.54) is 0 Å². The summed E-state index contributed by atoms with van der Waals surface area (Å²) >= 11 is 0. The predicted octanol–water partition coefficient (Wildman–Crippen LogP) is 4.03. The maximum atomic E-state index is 12.7. The van der Waals surface area contributed by atoms with Crippen LogP contribution in [0.3, 0.4) is 0 Å². The number of rotatable bonds is 9. The Morgan fingerprint density at radius 1 is 0.950 bits per heavy atom.